The number of nitrogens with one attached hydrogen (secondary N) is 1. The molecule has 0 aromatic heterocycles. The van der Waals surface area contributed by atoms with Crippen molar-refractivity contribution >= 4 is 23.6 Å². The van der Waals surface area contributed by atoms with Gasteiger partial charge in [-0.15, -0.1) is 11.8 Å². The van der Waals surface area contributed by atoms with E-state index in [0.29, 0.717) is 11.1 Å². The minimum Gasteiger partial charge on any atom is -0.479 e. The van der Waals surface area contributed by atoms with Gasteiger partial charge in [0.15, 0.2) is 6.04 Å². The quantitative estimate of drug-likeness (QED) is 0.833. The van der Waals surface area contributed by atoms with Crippen LogP contribution in [-0.2, 0) is 4.79 Å². The predicted octanol–water partition coefficient (Wildman–Crippen LogP) is 2.96. The van der Waals surface area contributed by atoms with Crippen molar-refractivity contribution < 1.29 is 14.7 Å². The van der Waals surface area contributed by atoms with Crippen LogP contribution in [0.4, 0.5) is 0 Å². The Labute approximate surface area is 127 Å². The molecule has 1 unspecified atom stereocenters. The molecule has 2 N–H and O–H groups in total. The maximum Gasteiger partial charge on any atom is 0.330 e. The predicted molar refractivity (Wildman–Crippen MR) is 82.5 cm³/mol. The van der Waals surface area contributed by atoms with E-state index in [2.05, 4.69) is 5.32 Å². The SMILES string of the molecule is CSc1ccccc1C(=O)NC(C(=O)O)c1ccccc1. The third-order valence-corrected chi connectivity index (χ3v) is 3.80. The summed E-state index contributed by atoms with van der Waals surface area (Å²) in [6.45, 7) is 0. The van der Waals surface area contributed by atoms with Gasteiger partial charge in [-0.3, -0.25) is 4.79 Å². The molecule has 21 heavy (non-hydrogen) atoms. The molecule has 2 rings (SSSR count). The summed E-state index contributed by atoms with van der Waals surface area (Å²) in [6.07, 6.45) is 1.87. The normalized spacial score (nSPS) is 11.7. The zero-order chi connectivity index (χ0) is 15.2. The second kappa shape index (κ2) is 6.95. The largest absolute Gasteiger partial charge is 0.479 e. The number of carboxylic acids is 1. The first kappa shape index (κ1) is 15.1. The Hall–Kier alpha value is -2.27. The Morgan fingerprint density at radius 2 is 1.67 bits per heavy atom. The van der Waals surface area contributed by atoms with Gasteiger partial charge < -0.3 is 10.4 Å². The van der Waals surface area contributed by atoms with Crippen LogP contribution in [0, 0.1) is 0 Å². The van der Waals surface area contributed by atoms with E-state index in [0.717, 1.165) is 4.90 Å². The molecular formula is C16H15NO3S. The Bertz CT molecular complexity index is 643. The van der Waals surface area contributed by atoms with Gasteiger partial charge in [0.25, 0.3) is 5.91 Å². The van der Waals surface area contributed by atoms with Gasteiger partial charge in [-0.25, -0.2) is 4.79 Å². The van der Waals surface area contributed by atoms with Gasteiger partial charge >= 0.3 is 5.97 Å². The highest BCUT2D eigenvalue weighted by Crippen LogP contribution is 2.21. The molecule has 0 bridgehead atoms. The van der Waals surface area contributed by atoms with Gasteiger partial charge in [-0.1, -0.05) is 42.5 Å². The lowest BCUT2D eigenvalue weighted by Gasteiger charge is -2.16. The van der Waals surface area contributed by atoms with Gasteiger partial charge in [-0.05, 0) is 24.0 Å². The lowest BCUT2D eigenvalue weighted by Crippen LogP contribution is -2.34. The Morgan fingerprint density at radius 3 is 2.29 bits per heavy atom. The summed E-state index contributed by atoms with van der Waals surface area (Å²) in [7, 11) is 0. The maximum absolute atomic E-state index is 12.3. The summed E-state index contributed by atoms with van der Waals surface area (Å²) < 4.78 is 0. The molecule has 0 spiro atoms. The minimum atomic E-state index is -1.09. The van der Waals surface area contributed by atoms with E-state index in [1.54, 1.807) is 42.5 Å². The van der Waals surface area contributed by atoms with Crippen LogP contribution >= 0.6 is 11.8 Å². The summed E-state index contributed by atoms with van der Waals surface area (Å²) in [5, 5.41) is 11.9. The fourth-order valence-corrected chi connectivity index (χ4v) is 2.57. The minimum absolute atomic E-state index is 0.392. The van der Waals surface area contributed by atoms with Crippen LogP contribution in [0.2, 0.25) is 0 Å². The molecule has 4 nitrogen and oxygen atoms in total. The van der Waals surface area contributed by atoms with Crippen molar-refractivity contribution in [3.63, 3.8) is 0 Å². The zero-order valence-electron chi connectivity index (χ0n) is 11.4. The van der Waals surface area contributed by atoms with Crippen LogP contribution in [-0.4, -0.2) is 23.2 Å². The number of carbonyl (C=O) groups is 2. The lowest BCUT2D eigenvalue weighted by atomic mass is 10.1. The van der Waals surface area contributed by atoms with Crippen molar-refractivity contribution in [3.05, 3.63) is 65.7 Å². The van der Waals surface area contributed by atoms with E-state index in [1.165, 1.54) is 11.8 Å². The molecule has 0 aliphatic carbocycles. The van der Waals surface area contributed by atoms with Crippen LogP contribution in [0.3, 0.4) is 0 Å². The third-order valence-electron chi connectivity index (χ3n) is 3.01. The second-order valence-electron chi connectivity index (χ2n) is 4.36. The maximum atomic E-state index is 12.3. The molecule has 2 aromatic rings. The van der Waals surface area contributed by atoms with E-state index in [4.69, 9.17) is 0 Å². The molecule has 0 heterocycles. The molecule has 0 saturated heterocycles. The fourth-order valence-electron chi connectivity index (χ4n) is 1.97. The van der Waals surface area contributed by atoms with E-state index < -0.39 is 17.9 Å². The van der Waals surface area contributed by atoms with Crippen LogP contribution in [0.5, 0.6) is 0 Å². The molecule has 2 aromatic carbocycles. The molecule has 0 aliphatic heterocycles. The van der Waals surface area contributed by atoms with Crippen LogP contribution in [0.15, 0.2) is 59.5 Å². The number of benzene rings is 2. The van der Waals surface area contributed by atoms with Crippen molar-refractivity contribution in [3.8, 4) is 0 Å². The van der Waals surface area contributed by atoms with Gasteiger partial charge in [-0.2, -0.15) is 0 Å². The number of amides is 1. The molecule has 1 amide bonds. The smallest absolute Gasteiger partial charge is 0.330 e. The number of thioether (sulfide) groups is 1. The van der Waals surface area contributed by atoms with Crippen LogP contribution in [0.1, 0.15) is 22.0 Å². The highest BCUT2D eigenvalue weighted by Gasteiger charge is 2.23. The fraction of sp³-hybridized carbons (Fsp3) is 0.125. The summed E-state index contributed by atoms with van der Waals surface area (Å²) >= 11 is 1.45. The van der Waals surface area contributed by atoms with Gasteiger partial charge in [0, 0.05) is 4.90 Å². The number of hydrogen-bond acceptors (Lipinski definition) is 3. The number of hydrogen-bond donors (Lipinski definition) is 2. The molecule has 0 saturated carbocycles. The van der Waals surface area contributed by atoms with Crippen LogP contribution < -0.4 is 5.32 Å². The number of carboxylic acid groups (broad SMARTS) is 1. The van der Waals surface area contributed by atoms with Crippen LogP contribution in [0.25, 0.3) is 0 Å². The average molecular weight is 301 g/mol. The van der Waals surface area contributed by atoms with Crippen molar-refractivity contribution in [2.24, 2.45) is 0 Å². The number of rotatable bonds is 5. The number of aliphatic carboxylic acids is 1. The Morgan fingerprint density at radius 1 is 1.05 bits per heavy atom. The van der Waals surface area contributed by atoms with E-state index in [1.807, 2.05) is 18.4 Å². The molecule has 5 heteroatoms. The zero-order valence-corrected chi connectivity index (χ0v) is 12.3. The van der Waals surface area contributed by atoms with E-state index in [-0.39, 0.29) is 0 Å². The van der Waals surface area contributed by atoms with Crippen molar-refractivity contribution in [1.82, 2.24) is 5.32 Å². The molecule has 1 atom stereocenters. The topological polar surface area (TPSA) is 66.4 Å². The van der Waals surface area contributed by atoms with Gasteiger partial charge in [0.1, 0.15) is 0 Å². The van der Waals surface area contributed by atoms with Crippen molar-refractivity contribution in [1.29, 1.82) is 0 Å². The summed E-state index contributed by atoms with van der Waals surface area (Å²) in [4.78, 5) is 24.5. The summed E-state index contributed by atoms with van der Waals surface area (Å²) in [5.41, 5.74) is 1.02. The molecule has 0 radical (unpaired) electrons. The van der Waals surface area contributed by atoms with Gasteiger partial charge in [0.05, 0.1) is 5.56 Å². The van der Waals surface area contributed by atoms with Gasteiger partial charge in [0.2, 0.25) is 0 Å². The first-order chi connectivity index (χ1) is 10.1. The molecule has 0 fully saturated rings. The average Bonchev–Trinajstić information content (AvgIpc) is 2.52. The first-order valence-electron chi connectivity index (χ1n) is 6.35. The monoisotopic (exact) mass is 301 g/mol. The first-order valence-corrected chi connectivity index (χ1v) is 7.57. The second-order valence-corrected chi connectivity index (χ2v) is 5.20. The number of carbonyl (C=O) groups excluding carboxylic acids is 1. The Balaban J connectivity index is 2.25. The third kappa shape index (κ3) is 3.64. The standard InChI is InChI=1S/C16H15NO3S/c1-21-13-10-6-5-9-12(13)15(18)17-14(16(19)20)11-7-3-2-4-8-11/h2-10,14H,1H3,(H,17,18)(H,19,20). The lowest BCUT2D eigenvalue weighted by molar-refractivity contribution is -0.139. The summed E-state index contributed by atoms with van der Waals surface area (Å²) in [5.74, 6) is -1.48. The Kier molecular flexibility index (Phi) is 5.00. The highest BCUT2D eigenvalue weighted by atomic mass is 32.2. The molecule has 0 aliphatic rings. The molecular weight excluding hydrogens is 286 g/mol. The molecule has 108 valence electrons. The van der Waals surface area contributed by atoms with E-state index >= 15 is 0 Å². The highest BCUT2D eigenvalue weighted by molar-refractivity contribution is 7.98. The van der Waals surface area contributed by atoms with Crippen molar-refractivity contribution in [2.75, 3.05) is 6.26 Å². The van der Waals surface area contributed by atoms with E-state index in [9.17, 15) is 14.7 Å². The van der Waals surface area contributed by atoms with Crippen molar-refractivity contribution in [2.45, 2.75) is 10.9 Å². The summed E-state index contributed by atoms with van der Waals surface area (Å²) in [6, 6.07) is 14.7.